The number of rotatable bonds is 2. The second-order valence-electron chi connectivity index (χ2n) is 4.54. The van der Waals surface area contributed by atoms with Crippen molar-refractivity contribution in [2.24, 2.45) is 5.92 Å². The van der Waals surface area contributed by atoms with Crippen molar-refractivity contribution < 1.29 is 5.11 Å². The van der Waals surface area contributed by atoms with Crippen LogP contribution in [-0.4, -0.2) is 11.7 Å². The molecule has 1 aliphatic heterocycles. The molecule has 0 amide bonds. The van der Waals surface area contributed by atoms with Crippen LogP contribution in [0.15, 0.2) is 24.3 Å². The molecule has 2 rings (SSSR count). The maximum Gasteiger partial charge on any atom is 0.118 e. The molecule has 0 radical (unpaired) electrons. The first-order chi connectivity index (χ1) is 7.70. The third-order valence-electron chi connectivity index (χ3n) is 3.14. The van der Waals surface area contributed by atoms with Crippen LogP contribution in [0.25, 0.3) is 5.70 Å². The molecule has 1 unspecified atom stereocenters. The molecule has 0 aromatic heterocycles. The number of nitrogens with one attached hydrogen (secondary N) is 1. The van der Waals surface area contributed by atoms with E-state index in [4.69, 9.17) is 0 Å². The van der Waals surface area contributed by atoms with Crippen LogP contribution in [0.5, 0.6) is 5.75 Å². The Morgan fingerprint density at radius 2 is 2.25 bits per heavy atom. The summed E-state index contributed by atoms with van der Waals surface area (Å²) in [5, 5.41) is 13.1. The van der Waals surface area contributed by atoms with Crippen molar-refractivity contribution in [1.29, 1.82) is 0 Å². The van der Waals surface area contributed by atoms with E-state index in [1.54, 1.807) is 6.07 Å². The molecule has 0 saturated heterocycles. The van der Waals surface area contributed by atoms with E-state index >= 15 is 0 Å². The minimum atomic E-state index is 0.399. The Bertz CT molecular complexity index is 409. The lowest BCUT2D eigenvalue weighted by atomic mass is 9.98. The van der Waals surface area contributed by atoms with Crippen LogP contribution in [-0.2, 0) is 6.42 Å². The fraction of sp³-hybridized carbons (Fsp3) is 0.429. The van der Waals surface area contributed by atoms with Gasteiger partial charge in [0.2, 0.25) is 0 Å². The molecule has 0 aliphatic carbocycles. The number of hydrogen-bond acceptors (Lipinski definition) is 2. The fourth-order valence-corrected chi connectivity index (χ4v) is 2.01. The van der Waals surface area contributed by atoms with Crippen LogP contribution in [0, 0.1) is 5.92 Å². The molecule has 0 spiro atoms. The van der Waals surface area contributed by atoms with E-state index in [9.17, 15) is 5.11 Å². The maximum atomic E-state index is 9.64. The number of aromatic hydroxyl groups is 1. The van der Waals surface area contributed by atoms with Crippen LogP contribution in [0.1, 0.15) is 31.4 Å². The highest BCUT2D eigenvalue weighted by Crippen LogP contribution is 2.24. The Kier molecular flexibility index (Phi) is 3.18. The average molecular weight is 217 g/mol. The highest BCUT2D eigenvalue weighted by Gasteiger charge is 2.11. The van der Waals surface area contributed by atoms with E-state index in [0.717, 1.165) is 24.9 Å². The predicted octanol–water partition coefficient (Wildman–Crippen LogP) is 2.92. The summed E-state index contributed by atoms with van der Waals surface area (Å²) >= 11 is 0. The normalized spacial score (nSPS) is 20.1. The van der Waals surface area contributed by atoms with E-state index in [1.165, 1.54) is 11.3 Å². The molecule has 1 aromatic rings. The van der Waals surface area contributed by atoms with E-state index < -0.39 is 0 Å². The summed E-state index contributed by atoms with van der Waals surface area (Å²) in [6.07, 6.45) is 4.24. The lowest BCUT2D eigenvalue weighted by Crippen LogP contribution is -2.23. The summed E-state index contributed by atoms with van der Waals surface area (Å²) in [4.78, 5) is 0. The van der Waals surface area contributed by atoms with Crippen molar-refractivity contribution in [3.63, 3.8) is 0 Å². The summed E-state index contributed by atoms with van der Waals surface area (Å²) in [5.41, 5.74) is 3.40. The lowest BCUT2D eigenvalue weighted by molar-refractivity contribution is 0.468. The Labute approximate surface area is 97.0 Å². The van der Waals surface area contributed by atoms with E-state index in [2.05, 4.69) is 31.3 Å². The molecule has 0 bridgehead atoms. The minimum Gasteiger partial charge on any atom is -0.508 e. The Balaban J connectivity index is 2.27. The van der Waals surface area contributed by atoms with Crippen LogP contribution in [0.3, 0.4) is 0 Å². The number of phenols is 1. The van der Waals surface area contributed by atoms with Crippen LogP contribution >= 0.6 is 0 Å². The second kappa shape index (κ2) is 4.60. The summed E-state index contributed by atoms with van der Waals surface area (Å²) in [5.74, 6) is 1.11. The topological polar surface area (TPSA) is 32.3 Å². The van der Waals surface area contributed by atoms with Gasteiger partial charge >= 0.3 is 0 Å². The number of benzene rings is 1. The van der Waals surface area contributed by atoms with Crippen LogP contribution < -0.4 is 5.32 Å². The van der Waals surface area contributed by atoms with Gasteiger partial charge in [0.15, 0.2) is 0 Å². The molecule has 0 fully saturated rings. The molecule has 1 heterocycles. The molecule has 16 heavy (non-hydrogen) atoms. The van der Waals surface area contributed by atoms with Crippen molar-refractivity contribution in [2.75, 3.05) is 6.54 Å². The van der Waals surface area contributed by atoms with Crippen molar-refractivity contribution in [3.8, 4) is 5.75 Å². The third kappa shape index (κ3) is 2.21. The molecule has 86 valence electrons. The quantitative estimate of drug-likeness (QED) is 0.798. The van der Waals surface area contributed by atoms with Gasteiger partial charge in [0.05, 0.1) is 0 Å². The number of phenolic OH excluding ortho intramolecular Hbond substituents is 1. The van der Waals surface area contributed by atoms with Crippen molar-refractivity contribution in [2.45, 2.75) is 26.7 Å². The molecule has 2 nitrogen and oxygen atoms in total. The van der Waals surface area contributed by atoms with Crippen LogP contribution in [0.4, 0.5) is 0 Å². The van der Waals surface area contributed by atoms with Gasteiger partial charge < -0.3 is 10.4 Å². The number of aryl methyl sites for hydroxylation is 1. The molecular formula is C14H19NO. The Morgan fingerprint density at radius 3 is 2.88 bits per heavy atom. The zero-order chi connectivity index (χ0) is 11.5. The van der Waals surface area contributed by atoms with Gasteiger partial charge in [0.1, 0.15) is 5.75 Å². The van der Waals surface area contributed by atoms with Gasteiger partial charge in [-0.15, -0.1) is 0 Å². The minimum absolute atomic E-state index is 0.399. The molecule has 1 aromatic carbocycles. The van der Waals surface area contributed by atoms with Crippen LogP contribution in [0.2, 0.25) is 0 Å². The SMILES string of the molecule is CCc1cc(C2=CCC(C)CN2)ccc1O. The Hall–Kier alpha value is -1.44. The number of hydrogen-bond donors (Lipinski definition) is 2. The monoisotopic (exact) mass is 217 g/mol. The summed E-state index contributed by atoms with van der Waals surface area (Å²) < 4.78 is 0. The van der Waals surface area contributed by atoms with Crippen molar-refractivity contribution in [1.82, 2.24) is 5.32 Å². The molecule has 1 atom stereocenters. The zero-order valence-electron chi connectivity index (χ0n) is 9.96. The van der Waals surface area contributed by atoms with Gasteiger partial charge in [-0.3, -0.25) is 0 Å². The van der Waals surface area contributed by atoms with Gasteiger partial charge in [0, 0.05) is 12.2 Å². The first kappa shape index (κ1) is 11.1. The maximum absolute atomic E-state index is 9.64. The van der Waals surface area contributed by atoms with Gasteiger partial charge in [-0.05, 0) is 48.1 Å². The highest BCUT2D eigenvalue weighted by molar-refractivity contribution is 5.66. The van der Waals surface area contributed by atoms with Gasteiger partial charge in [-0.2, -0.15) is 0 Å². The number of allylic oxidation sites excluding steroid dienone is 1. The van der Waals surface area contributed by atoms with Gasteiger partial charge in [0.25, 0.3) is 0 Å². The third-order valence-corrected chi connectivity index (χ3v) is 3.14. The molecular weight excluding hydrogens is 198 g/mol. The van der Waals surface area contributed by atoms with Gasteiger partial charge in [-0.1, -0.05) is 19.9 Å². The zero-order valence-corrected chi connectivity index (χ0v) is 9.96. The summed E-state index contributed by atoms with van der Waals surface area (Å²) in [6.45, 7) is 5.34. The van der Waals surface area contributed by atoms with Crippen molar-refractivity contribution >= 4 is 5.70 Å². The summed E-state index contributed by atoms with van der Waals surface area (Å²) in [6, 6.07) is 5.84. The van der Waals surface area contributed by atoms with E-state index in [0.29, 0.717) is 11.7 Å². The lowest BCUT2D eigenvalue weighted by Gasteiger charge is -2.21. The average Bonchev–Trinajstić information content (AvgIpc) is 2.31. The predicted molar refractivity (Wildman–Crippen MR) is 67.2 cm³/mol. The fourth-order valence-electron chi connectivity index (χ4n) is 2.01. The first-order valence-corrected chi connectivity index (χ1v) is 5.97. The second-order valence-corrected chi connectivity index (χ2v) is 4.54. The smallest absolute Gasteiger partial charge is 0.118 e. The molecule has 0 saturated carbocycles. The van der Waals surface area contributed by atoms with Gasteiger partial charge in [-0.25, -0.2) is 0 Å². The Morgan fingerprint density at radius 1 is 1.44 bits per heavy atom. The largest absolute Gasteiger partial charge is 0.508 e. The van der Waals surface area contributed by atoms with E-state index in [-0.39, 0.29) is 0 Å². The summed E-state index contributed by atoms with van der Waals surface area (Å²) in [7, 11) is 0. The molecule has 2 N–H and O–H groups in total. The standard InChI is InChI=1S/C14H19NO/c1-3-11-8-12(5-7-14(11)16)13-6-4-10(2)9-15-13/h5-8,10,15-16H,3-4,9H2,1-2H3. The molecule has 1 aliphatic rings. The highest BCUT2D eigenvalue weighted by atomic mass is 16.3. The van der Waals surface area contributed by atoms with E-state index in [1.807, 2.05) is 6.07 Å². The molecule has 2 heteroatoms. The van der Waals surface area contributed by atoms with Crippen molar-refractivity contribution in [3.05, 3.63) is 35.4 Å². The first-order valence-electron chi connectivity index (χ1n) is 5.97.